The molecule has 0 bridgehead atoms. The molecule has 5 rings (SSSR count). The molecule has 0 radical (unpaired) electrons. The van der Waals surface area contributed by atoms with Crippen LogP contribution in [0.1, 0.15) is 22.8 Å². The van der Waals surface area contributed by atoms with Gasteiger partial charge in [0.25, 0.3) is 5.91 Å². The van der Waals surface area contributed by atoms with Gasteiger partial charge in [-0.2, -0.15) is 5.10 Å². The van der Waals surface area contributed by atoms with Crippen LogP contribution in [-0.4, -0.2) is 91.7 Å². The Morgan fingerprint density at radius 3 is 2.54 bits per heavy atom. The van der Waals surface area contributed by atoms with Crippen molar-refractivity contribution in [1.82, 2.24) is 29.9 Å². The van der Waals surface area contributed by atoms with Crippen molar-refractivity contribution in [3.63, 3.8) is 0 Å². The van der Waals surface area contributed by atoms with Crippen LogP contribution in [0.4, 0.5) is 10.5 Å². The van der Waals surface area contributed by atoms with Gasteiger partial charge in [-0.05, 0) is 49.4 Å². The summed E-state index contributed by atoms with van der Waals surface area (Å²) in [5.41, 5.74) is 4.76. The fourth-order valence-electron chi connectivity index (χ4n) is 4.40. The summed E-state index contributed by atoms with van der Waals surface area (Å²) in [5.74, 6) is -0.101. The minimum Gasteiger partial charge on any atom is -0.465 e. The summed E-state index contributed by atoms with van der Waals surface area (Å²) in [6, 6.07) is 11.1. The van der Waals surface area contributed by atoms with Crippen molar-refractivity contribution in [1.29, 1.82) is 0 Å². The summed E-state index contributed by atoms with van der Waals surface area (Å²) >= 11 is 0. The van der Waals surface area contributed by atoms with Crippen molar-refractivity contribution in [2.24, 2.45) is 4.99 Å². The summed E-state index contributed by atoms with van der Waals surface area (Å²) in [6.45, 7) is 4.23. The SMILES string of the molecule is CCN1C=CC(c2c[nH]nc2-c2cccnc2)=NC1Nc1ccc(C(=O)N2CCN(C(=O)O)CC2)cc1. The molecule has 3 aromatic rings. The van der Waals surface area contributed by atoms with Crippen molar-refractivity contribution in [3.05, 3.63) is 78.4 Å². The number of piperazine rings is 1. The molecule has 1 aromatic carbocycles. The molecule has 2 amide bonds. The number of pyridine rings is 1. The number of hydrogen-bond donors (Lipinski definition) is 3. The highest BCUT2D eigenvalue weighted by atomic mass is 16.4. The van der Waals surface area contributed by atoms with Crippen molar-refractivity contribution in [3.8, 4) is 11.3 Å². The fourth-order valence-corrected chi connectivity index (χ4v) is 4.40. The highest BCUT2D eigenvalue weighted by Gasteiger charge is 2.25. The molecule has 1 saturated heterocycles. The molecule has 3 N–H and O–H groups in total. The zero-order valence-corrected chi connectivity index (χ0v) is 20.4. The van der Waals surface area contributed by atoms with Gasteiger partial charge >= 0.3 is 6.09 Å². The number of carboxylic acid groups (broad SMARTS) is 1. The topological polar surface area (TPSA) is 130 Å². The number of nitrogens with one attached hydrogen (secondary N) is 2. The van der Waals surface area contributed by atoms with Gasteiger partial charge in [-0.3, -0.25) is 14.9 Å². The number of aromatic nitrogens is 3. The van der Waals surface area contributed by atoms with Gasteiger partial charge in [-0.15, -0.1) is 0 Å². The van der Waals surface area contributed by atoms with E-state index >= 15 is 0 Å². The molecule has 0 saturated carbocycles. The predicted molar refractivity (Wildman–Crippen MR) is 139 cm³/mol. The van der Waals surface area contributed by atoms with Gasteiger partial charge in [-0.25, -0.2) is 9.79 Å². The van der Waals surface area contributed by atoms with Gasteiger partial charge in [0.2, 0.25) is 0 Å². The minimum absolute atomic E-state index is 0.101. The molecule has 0 aliphatic carbocycles. The van der Waals surface area contributed by atoms with Gasteiger partial charge in [-0.1, -0.05) is 0 Å². The second-order valence-corrected chi connectivity index (χ2v) is 8.71. The Morgan fingerprint density at radius 2 is 1.86 bits per heavy atom. The minimum atomic E-state index is -0.951. The summed E-state index contributed by atoms with van der Waals surface area (Å²) < 4.78 is 0. The third kappa shape index (κ3) is 5.15. The first-order valence-electron chi connectivity index (χ1n) is 12.1. The first-order valence-corrected chi connectivity index (χ1v) is 12.1. The number of rotatable bonds is 6. The van der Waals surface area contributed by atoms with Gasteiger partial charge < -0.3 is 25.1 Å². The number of aliphatic imine (C=N–C) groups is 1. The van der Waals surface area contributed by atoms with Crippen molar-refractivity contribution >= 4 is 23.4 Å². The van der Waals surface area contributed by atoms with E-state index in [1.54, 1.807) is 29.4 Å². The average Bonchev–Trinajstić information content (AvgIpc) is 3.44. The number of aromatic amines is 1. The van der Waals surface area contributed by atoms with E-state index in [0.717, 1.165) is 34.8 Å². The molecular formula is C26H28N8O3. The molecule has 2 aliphatic heterocycles. The summed E-state index contributed by atoms with van der Waals surface area (Å²) in [5, 5.41) is 19.9. The number of carbonyl (C=O) groups is 2. The normalized spacial score (nSPS) is 17.5. The Labute approximate surface area is 214 Å². The van der Waals surface area contributed by atoms with Gasteiger partial charge in [0, 0.05) is 79.9 Å². The van der Waals surface area contributed by atoms with Crippen LogP contribution < -0.4 is 5.32 Å². The zero-order valence-electron chi connectivity index (χ0n) is 20.4. The summed E-state index contributed by atoms with van der Waals surface area (Å²) in [7, 11) is 0. The lowest BCUT2D eigenvalue weighted by molar-refractivity contribution is 0.0625. The third-order valence-corrected chi connectivity index (χ3v) is 6.48. The van der Waals surface area contributed by atoms with Crippen LogP contribution in [0.15, 0.2) is 72.3 Å². The van der Waals surface area contributed by atoms with E-state index in [9.17, 15) is 9.59 Å². The van der Waals surface area contributed by atoms with Crippen LogP contribution in [0.25, 0.3) is 11.3 Å². The van der Waals surface area contributed by atoms with E-state index in [1.807, 2.05) is 42.7 Å². The maximum Gasteiger partial charge on any atom is 0.407 e. The molecular weight excluding hydrogens is 472 g/mol. The van der Waals surface area contributed by atoms with Gasteiger partial charge in [0.15, 0.2) is 6.29 Å². The Balaban J connectivity index is 1.29. The second kappa shape index (κ2) is 10.5. The molecule has 0 spiro atoms. The molecule has 1 atom stereocenters. The van der Waals surface area contributed by atoms with E-state index < -0.39 is 6.09 Å². The average molecular weight is 501 g/mol. The number of nitrogens with zero attached hydrogens (tertiary/aromatic N) is 6. The molecule has 1 unspecified atom stereocenters. The lowest BCUT2D eigenvalue weighted by atomic mass is 10.1. The fraction of sp³-hybridized carbons (Fsp3) is 0.269. The predicted octanol–water partition coefficient (Wildman–Crippen LogP) is 2.94. The summed E-state index contributed by atoms with van der Waals surface area (Å²) in [4.78, 5) is 38.2. The van der Waals surface area contributed by atoms with Crippen LogP contribution in [-0.2, 0) is 0 Å². The zero-order chi connectivity index (χ0) is 25.8. The highest BCUT2D eigenvalue weighted by Crippen LogP contribution is 2.24. The number of hydrogen-bond acceptors (Lipinski definition) is 7. The molecule has 190 valence electrons. The highest BCUT2D eigenvalue weighted by molar-refractivity contribution is 6.12. The van der Waals surface area contributed by atoms with Gasteiger partial charge in [0.05, 0.1) is 5.71 Å². The molecule has 4 heterocycles. The number of H-pyrrole nitrogens is 1. The van der Waals surface area contributed by atoms with Crippen LogP contribution in [0, 0.1) is 0 Å². The molecule has 11 nitrogen and oxygen atoms in total. The first kappa shape index (κ1) is 24.0. The molecule has 2 aromatic heterocycles. The number of carbonyl (C=O) groups excluding carboxylic acids is 1. The lowest BCUT2D eigenvalue weighted by Gasteiger charge is -2.33. The Bertz CT molecular complexity index is 1310. The van der Waals surface area contributed by atoms with Crippen LogP contribution in [0.2, 0.25) is 0 Å². The van der Waals surface area contributed by atoms with E-state index in [0.29, 0.717) is 31.7 Å². The standard InChI is InChI=1S/C26H28N8O3/c1-2-32-11-9-22(21-17-28-31-23(21)19-4-3-10-27-16-19)30-25(32)29-20-7-5-18(6-8-20)24(35)33-12-14-34(15-13-33)26(36)37/h3-11,16-17,25,29H,2,12-15H2,1H3,(H,28,31)(H,36,37). The number of benzene rings is 1. The largest absolute Gasteiger partial charge is 0.465 e. The van der Waals surface area contributed by atoms with Crippen molar-refractivity contribution in [2.75, 3.05) is 38.0 Å². The van der Waals surface area contributed by atoms with Crippen LogP contribution in [0.5, 0.6) is 0 Å². The number of allylic oxidation sites excluding steroid dienone is 1. The molecule has 37 heavy (non-hydrogen) atoms. The lowest BCUT2D eigenvalue weighted by Crippen LogP contribution is -2.50. The van der Waals surface area contributed by atoms with E-state index in [1.165, 1.54) is 4.90 Å². The Morgan fingerprint density at radius 1 is 1.11 bits per heavy atom. The maximum absolute atomic E-state index is 12.9. The Kier molecular flexibility index (Phi) is 6.84. The van der Waals surface area contributed by atoms with Crippen LogP contribution in [0.3, 0.4) is 0 Å². The number of amides is 2. The van der Waals surface area contributed by atoms with Crippen molar-refractivity contribution < 1.29 is 14.7 Å². The smallest absolute Gasteiger partial charge is 0.407 e. The first-order chi connectivity index (χ1) is 18.0. The van der Waals surface area contributed by atoms with E-state index in [-0.39, 0.29) is 12.2 Å². The number of anilines is 1. The second-order valence-electron chi connectivity index (χ2n) is 8.71. The van der Waals surface area contributed by atoms with Crippen LogP contribution >= 0.6 is 0 Å². The molecule has 1 fully saturated rings. The van der Waals surface area contributed by atoms with E-state index in [2.05, 4.69) is 32.3 Å². The van der Waals surface area contributed by atoms with Crippen molar-refractivity contribution in [2.45, 2.75) is 13.2 Å². The summed E-state index contributed by atoms with van der Waals surface area (Å²) in [6.07, 6.45) is 8.02. The monoisotopic (exact) mass is 500 g/mol. The molecule has 11 heteroatoms. The van der Waals surface area contributed by atoms with Gasteiger partial charge in [0.1, 0.15) is 5.69 Å². The quantitative estimate of drug-likeness (QED) is 0.474. The Hall–Kier alpha value is -4.67. The maximum atomic E-state index is 12.9. The molecule has 2 aliphatic rings. The third-order valence-electron chi connectivity index (χ3n) is 6.48. The van der Waals surface area contributed by atoms with E-state index in [4.69, 9.17) is 10.1 Å².